The van der Waals surface area contributed by atoms with Crippen LogP contribution < -0.4 is 5.14 Å². The molecule has 0 saturated heterocycles. The van der Waals surface area contributed by atoms with Gasteiger partial charge in [-0.1, -0.05) is 24.0 Å². The number of nitrogens with two attached hydrogens (primary N) is 1. The molecule has 1 rings (SSSR count). The summed E-state index contributed by atoms with van der Waals surface area (Å²) in [5, 5.41) is 14.0. The van der Waals surface area contributed by atoms with Crippen LogP contribution in [-0.2, 0) is 10.0 Å². The molecule has 0 aromatic heterocycles. The first-order valence-corrected chi connectivity index (χ1v) is 5.77. The van der Waals surface area contributed by atoms with Gasteiger partial charge in [0.1, 0.15) is 6.10 Å². The average Bonchev–Trinajstić information content (AvgIpc) is 2.13. The summed E-state index contributed by atoms with van der Waals surface area (Å²) in [5.41, 5.74) is 0.293. The van der Waals surface area contributed by atoms with Gasteiger partial charge in [0.2, 0.25) is 10.0 Å². The normalized spacial score (nSPS) is 12.7. The summed E-state index contributed by atoms with van der Waals surface area (Å²) in [5.74, 6) is 5.02. The van der Waals surface area contributed by atoms with Gasteiger partial charge in [0.05, 0.1) is 4.90 Å². The van der Waals surface area contributed by atoms with Crippen molar-refractivity contribution in [3.05, 3.63) is 29.8 Å². The molecular formula is C10H11NO3S. The predicted octanol–water partition coefficient (Wildman–Crippen LogP) is 0.0663. The quantitative estimate of drug-likeness (QED) is 0.663. The molecule has 1 atom stereocenters. The standard InChI is InChI=1S/C10H11NO3S/c1-8(12)6-7-9-4-2-3-5-10(9)15(11,13)14/h2-5,8,12H,1H3,(H2,11,13,14). The fraction of sp³-hybridized carbons (Fsp3) is 0.200. The lowest BCUT2D eigenvalue weighted by molar-refractivity contribution is 0.253. The van der Waals surface area contributed by atoms with Crippen LogP contribution in [-0.4, -0.2) is 19.6 Å². The van der Waals surface area contributed by atoms with Crippen LogP contribution in [0.1, 0.15) is 12.5 Å². The number of rotatable bonds is 1. The van der Waals surface area contributed by atoms with Gasteiger partial charge in [-0.15, -0.1) is 0 Å². The maximum Gasteiger partial charge on any atom is 0.239 e. The lowest BCUT2D eigenvalue weighted by Crippen LogP contribution is -2.13. The third-order valence-electron chi connectivity index (χ3n) is 1.61. The van der Waals surface area contributed by atoms with Crippen molar-refractivity contribution in [2.75, 3.05) is 0 Å². The van der Waals surface area contributed by atoms with E-state index < -0.39 is 16.1 Å². The Bertz CT molecular complexity index is 509. The van der Waals surface area contributed by atoms with Crippen molar-refractivity contribution in [1.82, 2.24) is 0 Å². The van der Waals surface area contributed by atoms with Crippen molar-refractivity contribution < 1.29 is 13.5 Å². The molecule has 1 aromatic carbocycles. The van der Waals surface area contributed by atoms with Crippen LogP contribution in [0.15, 0.2) is 29.2 Å². The van der Waals surface area contributed by atoms with E-state index in [1.165, 1.54) is 19.1 Å². The Morgan fingerprint density at radius 1 is 1.40 bits per heavy atom. The van der Waals surface area contributed by atoms with E-state index in [1.807, 2.05) is 0 Å². The zero-order valence-corrected chi connectivity index (χ0v) is 8.95. The highest BCUT2D eigenvalue weighted by Gasteiger charge is 2.11. The topological polar surface area (TPSA) is 80.4 Å². The summed E-state index contributed by atoms with van der Waals surface area (Å²) in [7, 11) is -3.77. The van der Waals surface area contributed by atoms with E-state index in [9.17, 15) is 8.42 Å². The van der Waals surface area contributed by atoms with Crippen molar-refractivity contribution in [3.63, 3.8) is 0 Å². The summed E-state index contributed by atoms with van der Waals surface area (Å²) >= 11 is 0. The largest absolute Gasteiger partial charge is 0.381 e. The SMILES string of the molecule is CC(O)C#Cc1ccccc1S(N)(=O)=O. The van der Waals surface area contributed by atoms with Crippen LogP contribution in [0, 0.1) is 11.8 Å². The van der Waals surface area contributed by atoms with E-state index in [2.05, 4.69) is 11.8 Å². The van der Waals surface area contributed by atoms with Gasteiger partial charge in [-0.25, -0.2) is 13.6 Å². The van der Waals surface area contributed by atoms with E-state index >= 15 is 0 Å². The zero-order chi connectivity index (χ0) is 11.5. The lowest BCUT2D eigenvalue weighted by Gasteiger charge is -2.00. The summed E-state index contributed by atoms with van der Waals surface area (Å²) < 4.78 is 22.3. The van der Waals surface area contributed by atoms with E-state index in [0.717, 1.165) is 0 Å². The van der Waals surface area contributed by atoms with Crippen molar-refractivity contribution in [1.29, 1.82) is 0 Å². The van der Waals surface area contributed by atoms with Gasteiger partial charge in [-0.05, 0) is 19.1 Å². The molecule has 0 amide bonds. The molecule has 0 radical (unpaired) electrons. The maximum absolute atomic E-state index is 11.1. The molecule has 4 nitrogen and oxygen atoms in total. The Morgan fingerprint density at radius 3 is 2.53 bits per heavy atom. The average molecular weight is 225 g/mol. The Balaban J connectivity index is 3.28. The Morgan fingerprint density at radius 2 is 2.00 bits per heavy atom. The molecule has 80 valence electrons. The van der Waals surface area contributed by atoms with Crippen molar-refractivity contribution in [2.45, 2.75) is 17.9 Å². The number of benzene rings is 1. The van der Waals surface area contributed by atoms with Gasteiger partial charge in [-0.2, -0.15) is 0 Å². The molecule has 0 spiro atoms. The van der Waals surface area contributed by atoms with Crippen LogP contribution in [0.25, 0.3) is 0 Å². The van der Waals surface area contributed by atoms with E-state index in [0.29, 0.717) is 5.56 Å². The van der Waals surface area contributed by atoms with Crippen LogP contribution >= 0.6 is 0 Å². The van der Waals surface area contributed by atoms with Crippen LogP contribution in [0.4, 0.5) is 0 Å². The third-order valence-corrected chi connectivity index (χ3v) is 2.58. The van der Waals surface area contributed by atoms with Crippen LogP contribution in [0.2, 0.25) is 0 Å². The first kappa shape index (κ1) is 11.7. The number of sulfonamides is 1. The van der Waals surface area contributed by atoms with Crippen LogP contribution in [0.3, 0.4) is 0 Å². The van der Waals surface area contributed by atoms with Crippen LogP contribution in [0.5, 0.6) is 0 Å². The first-order chi connectivity index (χ1) is 6.91. The molecule has 0 aliphatic carbocycles. The molecule has 5 heteroatoms. The molecule has 0 heterocycles. The molecule has 1 aromatic rings. The van der Waals surface area contributed by atoms with Gasteiger partial charge in [-0.3, -0.25) is 0 Å². The summed E-state index contributed by atoms with van der Waals surface area (Å²) in [4.78, 5) is -0.0295. The molecule has 0 aliphatic heterocycles. The first-order valence-electron chi connectivity index (χ1n) is 4.22. The molecule has 3 N–H and O–H groups in total. The third kappa shape index (κ3) is 3.36. The Hall–Kier alpha value is -1.35. The number of hydrogen-bond donors (Lipinski definition) is 2. The lowest BCUT2D eigenvalue weighted by atomic mass is 10.2. The maximum atomic E-state index is 11.1. The van der Waals surface area contributed by atoms with Gasteiger partial charge >= 0.3 is 0 Å². The Labute approximate surface area is 88.8 Å². The second-order valence-corrected chi connectivity index (χ2v) is 4.52. The molecule has 0 bridgehead atoms. The minimum Gasteiger partial charge on any atom is -0.381 e. The smallest absolute Gasteiger partial charge is 0.239 e. The van der Waals surface area contributed by atoms with Gasteiger partial charge in [0, 0.05) is 5.56 Å². The van der Waals surface area contributed by atoms with E-state index in [4.69, 9.17) is 10.2 Å². The molecule has 1 unspecified atom stereocenters. The fourth-order valence-electron chi connectivity index (χ4n) is 1.00. The van der Waals surface area contributed by atoms with Crippen molar-refractivity contribution in [2.24, 2.45) is 5.14 Å². The number of primary sulfonamides is 1. The number of aliphatic hydroxyl groups excluding tert-OH is 1. The second-order valence-electron chi connectivity index (χ2n) is 2.99. The highest BCUT2D eigenvalue weighted by molar-refractivity contribution is 7.89. The minimum atomic E-state index is -3.77. The van der Waals surface area contributed by atoms with Gasteiger partial charge in [0.25, 0.3) is 0 Å². The van der Waals surface area contributed by atoms with E-state index in [-0.39, 0.29) is 4.90 Å². The summed E-state index contributed by atoms with van der Waals surface area (Å²) in [6.45, 7) is 1.49. The van der Waals surface area contributed by atoms with Crippen molar-refractivity contribution in [3.8, 4) is 11.8 Å². The minimum absolute atomic E-state index is 0.0295. The van der Waals surface area contributed by atoms with Gasteiger partial charge in [0.15, 0.2) is 0 Å². The summed E-state index contributed by atoms with van der Waals surface area (Å²) in [6, 6.07) is 6.13. The molecule has 0 aliphatic rings. The molecule has 15 heavy (non-hydrogen) atoms. The second kappa shape index (κ2) is 4.45. The Kier molecular flexibility index (Phi) is 3.48. The number of hydrogen-bond acceptors (Lipinski definition) is 3. The predicted molar refractivity (Wildman–Crippen MR) is 56.4 cm³/mol. The molecule has 0 saturated carbocycles. The molecular weight excluding hydrogens is 214 g/mol. The monoisotopic (exact) mass is 225 g/mol. The highest BCUT2D eigenvalue weighted by atomic mass is 32.2. The zero-order valence-electron chi connectivity index (χ0n) is 8.14. The highest BCUT2D eigenvalue weighted by Crippen LogP contribution is 2.11. The fourth-order valence-corrected chi connectivity index (χ4v) is 1.69. The van der Waals surface area contributed by atoms with E-state index in [1.54, 1.807) is 12.1 Å². The summed E-state index contributed by atoms with van der Waals surface area (Å²) in [6.07, 6.45) is -0.807. The number of aliphatic hydroxyl groups is 1. The molecule has 0 fully saturated rings. The van der Waals surface area contributed by atoms with Crippen molar-refractivity contribution >= 4 is 10.0 Å². The van der Waals surface area contributed by atoms with Gasteiger partial charge < -0.3 is 5.11 Å².